The third kappa shape index (κ3) is 5.15. The number of piperidine rings is 1. The molecule has 6 nitrogen and oxygen atoms in total. The maximum Gasteiger partial charge on any atom is 0.317 e. The molecule has 2 amide bonds. The van der Waals surface area contributed by atoms with Gasteiger partial charge in [0.15, 0.2) is 0 Å². The lowest BCUT2D eigenvalue weighted by molar-refractivity contribution is -0.144. The van der Waals surface area contributed by atoms with Gasteiger partial charge < -0.3 is 19.7 Å². The van der Waals surface area contributed by atoms with Crippen molar-refractivity contribution in [3.63, 3.8) is 0 Å². The van der Waals surface area contributed by atoms with Crippen molar-refractivity contribution in [2.75, 3.05) is 20.3 Å². The average molecular weight is 334 g/mol. The summed E-state index contributed by atoms with van der Waals surface area (Å²) in [5, 5.41) is 2.94. The van der Waals surface area contributed by atoms with Gasteiger partial charge in [0.25, 0.3) is 0 Å². The monoisotopic (exact) mass is 334 g/mol. The Hall–Kier alpha value is -2.24. The molecule has 0 unspecified atom stereocenters. The van der Waals surface area contributed by atoms with E-state index in [1.807, 2.05) is 24.3 Å². The highest BCUT2D eigenvalue weighted by Crippen LogP contribution is 2.20. The van der Waals surface area contributed by atoms with Gasteiger partial charge in [0.2, 0.25) is 0 Å². The van der Waals surface area contributed by atoms with Crippen LogP contribution in [-0.4, -0.2) is 43.2 Å². The number of esters is 1. The van der Waals surface area contributed by atoms with Crippen LogP contribution in [0.1, 0.15) is 38.2 Å². The minimum atomic E-state index is -0.239. The van der Waals surface area contributed by atoms with Crippen LogP contribution in [0.15, 0.2) is 24.3 Å². The number of hydrogen-bond donors (Lipinski definition) is 1. The van der Waals surface area contributed by atoms with E-state index in [2.05, 4.69) is 5.32 Å². The molecule has 0 spiro atoms. The molecule has 0 saturated carbocycles. The first-order chi connectivity index (χ1) is 11.6. The van der Waals surface area contributed by atoms with Crippen LogP contribution in [0.3, 0.4) is 0 Å². The number of nitrogens with one attached hydrogen (secondary N) is 1. The van der Waals surface area contributed by atoms with Gasteiger partial charge in [0, 0.05) is 19.1 Å². The second kappa shape index (κ2) is 9.15. The molecule has 1 aromatic rings. The standard InChI is InChI=1S/C18H26N2O4/c1-3-24-17(21)12-15-6-4-5-11-20(15)18(22)19-13-14-7-9-16(23-2)10-8-14/h7-10,15H,3-6,11-13H2,1-2H3,(H,19,22)/t15-/m0/s1. The molecule has 6 heteroatoms. The third-order valence-corrected chi connectivity index (χ3v) is 4.20. The fourth-order valence-electron chi connectivity index (χ4n) is 2.92. The molecule has 1 heterocycles. The Kier molecular flexibility index (Phi) is 6.90. The number of rotatable bonds is 6. The van der Waals surface area contributed by atoms with Crippen LogP contribution in [0.25, 0.3) is 0 Å². The maximum atomic E-state index is 12.5. The Morgan fingerprint density at radius 3 is 2.67 bits per heavy atom. The molecule has 0 radical (unpaired) electrons. The summed E-state index contributed by atoms with van der Waals surface area (Å²) < 4.78 is 10.1. The predicted molar refractivity (Wildman–Crippen MR) is 90.8 cm³/mol. The van der Waals surface area contributed by atoms with Gasteiger partial charge in [-0.25, -0.2) is 4.79 Å². The topological polar surface area (TPSA) is 67.9 Å². The number of ether oxygens (including phenoxy) is 2. The highest BCUT2D eigenvalue weighted by atomic mass is 16.5. The van der Waals surface area contributed by atoms with Crippen LogP contribution in [0.4, 0.5) is 4.79 Å². The number of amides is 2. The van der Waals surface area contributed by atoms with Crippen molar-refractivity contribution >= 4 is 12.0 Å². The summed E-state index contributed by atoms with van der Waals surface area (Å²) in [6.07, 6.45) is 3.11. The van der Waals surface area contributed by atoms with Gasteiger partial charge in [-0.3, -0.25) is 4.79 Å². The van der Waals surface area contributed by atoms with Gasteiger partial charge in [-0.05, 0) is 43.9 Å². The Morgan fingerprint density at radius 2 is 2.00 bits per heavy atom. The molecule has 2 rings (SSSR count). The second-order valence-electron chi connectivity index (χ2n) is 5.86. The molecule has 0 aliphatic carbocycles. The first kappa shape index (κ1) is 18.1. The molecule has 132 valence electrons. The fraction of sp³-hybridized carbons (Fsp3) is 0.556. The molecule has 1 aliphatic heterocycles. The smallest absolute Gasteiger partial charge is 0.317 e. The number of carbonyl (C=O) groups is 2. The van der Waals surface area contributed by atoms with Crippen molar-refractivity contribution in [2.45, 2.75) is 45.2 Å². The lowest BCUT2D eigenvalue weighted by atomic mass is 10.00. The zero-order valence-corrected chi connectivity index (χ0v) is 14.4. The third-order valence-electron chi connectivity index (χ3n) is 4.20. The van der Waals surface area contributed by atoms with Gasteiger partial charge in [0.1, 0.15) is 5.75 Å². The number of likely N-dealkylation sites (tertiary alicyclic amines) is 1. The SMILES string of the molecule is CCOC(=O)C[C@@H]1CCCCN1C(=O)NCc1ccc(OC)cc1. The first-order valence-electron chi connectivity index (χ1n) is 8.47. The summed E-state index contributed by atoms with van der Waals surface area (Å²) in [5.41, 5.74) is 1.00. The van der Waals surface area contributed by atoms with E-state index < -0.39 is 0 Å². The highest BCUT2D eigenvalue weighted by Gasteiger charge is 2.28. The summed E-state index contributed by atoms with van der Waals surface area (Å²) >= 11 is 0. The summed E-state index contributed by atoms with van der Waals surface area (Å²) in [5.74, 6) is 0.549. The Morgan fingerprint density at radius 1 is 1.25 bits per heavy atom. The molecule has 1 atom stereocenters. The molecule has 1 N–H and O–H groups in total. The Labute approximate surface area is 143 Å². The molecular weight excluding hydrogens is 308 g/mol. The van der Waals surface area contributed by atoms with Crippen molar-refractivity contribution in [3.05, 3.63) is 29.8 Å². The van der Waals surface area contributed by atoms with E-state index in [1.165, 1.54) is 0 Å². The Bertz CT molecular complexity index is 544. The zero-order valence-electron chi connectivity index (χ0n) is 14.4. The molecule has 1 saturated heterocycles. The highest BCUT2D eigenvalue weighted by molar-refractivity contribution is 5.76. The van der Waals surface area contributed by atoms with E-state index >= 15 is 0 Å². The van der Waals surface area contributed by atoms with Gasteiger partial charge in [-0.1, -0.05) is 12.1 Å². The number of urea groups is 1. The quantitative estimate of drug-likeness (QED) is 0.812. The summed E-state index contributed by atoms with van der Waals surface area (Å²) in [7, 11) is 1.62. The van der Waals surface area contributed by atoms with E-state index in [4.69, 9.17) is 9.47 Å². The van der Waals surface area contributed by atoms with E-state index in [9.17, 15) is 9.59 Å². The van der Waals surface area contributed by atoms with Crippen LogP contribution in [0, 0.1) is 0 Å². The second-order valence-corrected chi connectivity index (χ2v) is 5.86. The minimum Gasteiger partial charge on any atom is -0.497 e. The Balaban J connectivity index is 1.89. The molecule has 24 heavy (non-hydrogen) atoms. The normalized spacial score (nSPS) is 17.2. The minimum absolute atomic E-state index is 0.0753. The number of benzene rings is 1. The predicted octanol–water partition coefficient (Wildman–Crippen LogP) is 2.71. The van der Waals surface area contributed by atoms with E-state index in [0.29, 0.717) is 19.7 Å². The summed E-state index contributed by atoms with van der Waals surface area (Å²) in [6, 6.07) is 7.38. The molecule has 0 bridgehead atoms. The van der Waals surface area contributed by atoms with E-state index in [1.54, 1.807) is 18.9 Å². The van der Waals surface area contributed by atoms with Crippen molar-refractivity contribution in [2.24, 2.45) is 0 Å². The number of carbonyl (C=O) groups excluding carboxylic acids is 2. The van der Waals surface area contributed by atoms with Crippen LogP contribution >= 0.6 is 0 Å². The lowest BCUT2D eigenvalue weighted by Crippen LogP contribution is -2.49. The van der Waals surface area contributed by atoms with Crippen molar-refractivity contribution in [1.82, 2.24) is 10.2 Å². The maximum absolute atomic E-state index is 12.5. The van der Waals surface area contributed by atoms with Crippen LogP contribution in [0.2, 0.25) is 0 Å². The van der Waals surface area contributed by atoms with Crippen LogP contribution < -0.4 is 10.1 Å². The molecule has 1 fully saturated rings. The largest absolute Gasteiger partial charge is 0.497 e. The van der Waals surface area contributed by atoms with Gasteiger partial charge in [-0.15, -0.1) is 0 Å². The van der Waals surface area contributed by atoms with E-state index in [0.717, 1.165) is 30.6 Å². The van der Waals surface area contributed by atoms with Crippen LogP contribution in [0.5, 0.6) is 5.75 Å². The number of hydrogen-bond acceptors (Lipinski definition) is 4. The fourth-order valence-corrected chi connectivity index (χ4v) is 2.92. The summed E-state index contributed by atoms with van der Waals surface area (Å²) in [4.78, 5) is 26.0. The summed E-state index contributed by atoms with van der Waals surface area (Å²) in [6.45, 7) is 3.29. The van der Waals surface area contributed by atoms with Gasteiger partial charge in [0.05, 0.1) is 20.1 Å². The van der Waals surface area contributed by atoms with Crippen molar-refractivity contribution < 1.29 is 19.1 Å². The first-order valence-corrected chi connectivity index (χ1v) is 8.47. The number of nitrogens with zero attached hydrogens (tertiary/aromatic N) is 1. The number of methoxy groups -OCH3 is 1. The average Bonchev–Trinajstić information content (AvgIpc) is 2.60. The molecular formula is C18H26N2O4. The van der Waals surface area contributed by atoms with Crippen LogP contribution in [-0.2, 0) is 16.1 Å². The van der Waals surface area contributed by atoms with Gasteiger partial charge >= 0.3 is 12.0 Å². The molecule has 0 aromatic heterocycles. The van der Waals surface area contributed by atoms with Crippen molar-refractivity contribution in [3.8, 4) is 5.75 Å². The molecule has 1 aromatic carbocycles. The van der Waals surface area contributed by atoms with Gasteiger partial charge in [-0.2, -0.15) is 0 Å². The zero-order chi connectivity index (χ0) is 17.4. The van der Waals surface area contributed by atoms with Crippen molar-refractivity contribution in [1.29, 1.82) is 0 Å². The van der Waals surface area contributed by atoms with E-state index in [-0.39, 0.29) is 24.5 Å². The lowest BCUT2D eigenvalue weighted by Gasteiger charge is -2.35. The molecule has 1 aliphatic rings.